The highest BCUT2D eigenvalue weighted by Gasteiger charge is 2.27. The van der Waals surface area contributed by atoms with E-state index in [1.165, 1.54) is 31.5 Å². The van der Waals surface area contributed by atoms with Gasteiger partial charge in [-0.15, -0.1) is 0 Å². The minimum atomic E-state index is -0.943. The van der Waals surface area contributed by atoms with Crippen molar-refractivity contribution in [1.82, 2.24) is 5.32 Å². The number of esters is 1. The molecular weight excluding hydrogens is 285 g/mol. The summed E-state index contributed by atoms with van der Waals surface area (Å²) in [5.74, 6) is -1.38. The lowest BCUT2D eigenvalue weighted by Gasteiger charge is -2.30. The van der Waals surface area contributed by atoms with Crippen LogP contribution in [0.4, 0.5) is 4.39 Å². The largest absolute Gasteiger partial charge is 0.449 e. The third-order valence-electron chi connectivity index (χ3n) is 4.19. The first kappa shape index (κ1) is 16.5. The lowest BCUT2D eigenvalue weighted by atomic mass is 9.86. The summed E-state index contributed by atoms with van der Waals surface area (Å²) >= 11 is 0. The molecule has 0 heterocycles. The summed E-state index contributed by atoms with van der Waals surface area (Å²) in [4.78, 5) is 24.0. The number of benzene rings is 1. The Kier molecular flexibility index (Phi) is 5.52. The predicted molar refractivity (Wildman–Crippen MR) is 80.8 cm³/mol. The van der Waals surface area contributed by atoms with Gasteiger partial charge in [-0.3, -0.25) is 4.79 Å². The van der Waals surface area contributed by atoms with Crippen molar-refractivity contribution in [2.24, 2.45) is 5.92 Å². The molecule has 0 spiro atoms. The van der Waals surface area contributed by atoms with Gasteiger partial charge < -0.3 is 10.1 Å². The number of amides is 1. The molecule has 4 nitrogen and oxygen atoms in total. The molecule has 0 bridgehead atoms. The van der Waals surface area contributed by atoms with E-state index in [0.717, 1.165) is 19.3 Å². The van der Waals surface area contributed by atoms with Gasteiger partial charge in [-0.25, -0.2) is 9.18 Å². The molecule has 120 valence electrons. The Morgan fingerprint density at radius 1 is 1.27 bits per heavy atom. The zero-order chi connectivity index (χ0) is 16.1. The summed E-state index contributed by atoms with van der Waals surface area (Å²) in [6, 6.07) is 5.69. The summed E-state index contributed by atoms with van der Waals surface area (Å²) < 4.78 is 18.6. The standard InChI is InChI=1S/C17H22FNO3/c1-11-7-3-6-10-15(11)19-16(20)12(2)22-17(21)13-8-4-5-9-14(13)18/h4-5,8-9,11-12,15H,3,6-7,10H2,1-2H3,(H,19,20)/t11-,12+,15-/m0/s1. The minimum absolute atomic E-state index is 0.121. The second-order valence-electron chi connectivity index (χ2n) is 5.90. The Morgan fingerprint density at radius 3 is 2.64 bits per heavy atom. The van der Waals surface area contributed by atoms with Crippen molar-refractivity contribution in [3.05, 3.63) is 35.6 Å². The van der Waals surface area contributed by atoms with Gasteiger partial charge in [-0.2, -0.15) is 0 Å². The van der Waals surface area contributed by atoms with Crippen molar-refractivity contribution in [2.75, 3.05) is 0 Å². The van der Waals surface area contributed by atoms with E-state index in [4.69, 9.17) is 4.74 Å². The van der Waals surface area contributed by atoms with E-state index >= 15 is 0 Å². The normalized spacial score (nSPS) is 22.7. The molecule has 0 aliphatic heterocycles. The number of carbonyl (C=O) groups is 2. The van der Waals surface area contributed by atoms with Gasteiger partial charge in [0.1, 0.15) is 5.82 Å². The zero-order valence-electron chi connectivity index (χ0n) is 13.0. The van der Waals surface area contributed by atoms with Crippen LogP contribution >= 0.6 is 0 Å². The van der Waals surface area contributed by atoms with E-state index in [2.05, 4.69) is 12.2 Å². The molecule has 3 atom stereocenters. The van der Waals surface area contributed by atoms with Crippen LogP contribution in [0, 0.1) is 11.7 Å². The smallest absolute Gasteiger partial charge is 0.341 e. The first-order valence-corrected chi connectivity index (χ1v) is 7.75. The molecule has 1 aliphatic carbocycles. The molecule has 1 saturated carbocycles. The summed E-state index contributed by atoms with van der Waals surface area (Å²) in [5.41, 5.74) is -0.159. The summed E-state index contributed by atoms with van der Waals surface area (Å²) in [7, 11) is 0. The van der Waals surface area contributed by atoms with Crippen LogP contribution in [0.3, 0.4) is 0 Å². The van der Waals surface area contributed by atoms with E-state index in [1.54, 1.807) is 6.07 Å². The van der Waals surface area contributed by atoms with E-state index in [1.807, 2.05) is 0 Å². The van der Waals surface area contributed by atoms with Crippen molar-refractivity contribution in [3.8, 4) is 0 Å². The van der Waals surface area contributed by atoms with Crippen molar-refractivity contribution in [1.29, 1.82) is 0 Å². The predicted octanol–water partition coefficient (Wildman–Crippen LogP) is 3.07. The molecule has 1 aromatic carbocycles. The molecule has 22 heavy (non-hydrogen) atoms. The third kappa shape index (κ3) is 4.06. The fraction of sp³-hybridized carbons (Fsp3) is 0.529. The highest BCUT2D eigenvalue weighted by Crippen LogP contribution is 2.23. The molecule has 1 aromatic rings. The maximum Gasteiger partial charge on any atom is 0.341 e. The Bertz CT molecular complexity index is 546. The molecular formula is C17H22FNO3. The molecule has 1 fully saturated rings. The number of ether oxygens (including phenoxy) is 1. The number of rotatable bonds is 4. The fourth-order valence-electron chi connectivity index (χ4n) is 2.74. The van der Waals surface area contributed by atoms with Gasteiger partial charge in [-0.1, -0.05) is 31.9 Å². The second kappa shape index (κ2) is 7.38. The molecule has 0 unspecified atom stereocenters. The van der Waals surface area contributed by atoms with Gasteiger partial charge in [0.15, 0.2) is 6.10 Å². The van der Waals surface area contributed by atoms with E-state index in [-0.39, 0.29) is 17.5 Å². The fourth-order valence-corrected chi connectivity index (χ4v) is 2.74. The van der Waals surface area contributed by atoms with Gasteiger partial charge in [0.2, 0.25) is 0 Å². The maximum absolute atomic E-state index is 13.5. The zero-order valence-corrected chi connectivity index (χ0v) is 13.0. The molecule has 0 radical (unpaired) electrons. The number of hydrogen-bond acceptors (Lipinski definition) is 3. The number of carbonyl (C=O) groups excluding carboxylic acids is 2. The third-order valence-corrected chi connectivity index (χ3v) is 4.19. The molecule has 0 aromatic heterocycles. The highest BCUT2D eigenvalue weighted by atomic mass is 19.1. The number of halogens is 1. The van der Waals surface area contributed by atoms with Crippen LogP contribution in [0.5, 0.6) is 0 Å². The Morgan fingerprint density at radius 2 is 1.95 bits per heavy atom. The van der Waals surface area contributed by atoms with Crippen molar-refractivity contribution in [2.45, 2.75) is 51.7 Å². The summed E-state index contributed by atoms with van der Waals surface area (Å²) in [6.07, 6.45) is 3.38. The average molecular weight is 307 g/mol. The van der Waals surface area contributed by atoms with Gasteiger partial charge in [-0.05, 0) is 37.8 Å². The SMILES string of the molecule is C[C@@H](OC(=O)c1ccccc1F)C(=O)N[C@H]1CCCC[C@@H]1C. The highest BCUT2D eigenvalue weighted by molar-refractivity contribution is 5.92. The van der Waals surface area contributed by atoms with Crippen LogP contribution in [0.1, 0.15) is 49.9 Å². The first-order valence-electron chi connectivity index (χ1n) is 7.75. The Labute approximate surface area is 130 Å². The van der Waals surface area contributed by atoms with Crippen molar-refractivity contribution >= 4 is 11.9 Å². The van der Waals surface area contributed by atoms with Crippen molar-refractivity contribution in [3.63, 3.8) is 0 Å². The molecule has 1 N–H and O–H groups in total. The molecule has 1 aliphatic rings. The van der Waals surface area contributed by atoms with Gasteiger partial charge in [0.25, 0.3) is 5.91 Å². The van der Waals surface area contributed by atoms with E-state index in [0.29, 0.717) is 5.92 Å². The summed E-state index contributed by atoms with van der Waals surface area (Å²) in [6.45, 7) is 3.61. The second-order valence-corrected chi connectivity index (χ2v) is 5.90. The minimum Gasteiger partial charge on any atom is -0.449 e. The first-order chi connectivity index (χ1) is 10.5. The van der Waals surface area contributed by atoms with Gasteiger partial charge in [0, 0.05) is 6.04 Å². The average Bonchev–Trinajstić information content (AvgIpc) is 2.49. The number of nitrogens with one attached hydrogen (secondary N) is 1. The molecule has 1 amide bonds. The number of hydrogen-bond donors (Lipinski definition) is 1. The quantitative estimate of drug-likeness (QED) is 0.870. The van der Waals surface area contributed by atoms with Crippen LogP contribution in [-0.4, -0.2) is 24.0 Å². The van der Waals surface area contributed by atoms with Gasteiger partial charge >= 0.3 is 5.97 Å². The monoisotopic (exact) mass is 307 g/mol. The maximum atomic E-state index is 13.5. The van der Waals surface area contributed by atoms with E-state index in [9.17, 15) is 14.0 Å². The Hall–Kier alpha value is -1.91. The molecule has 5 heteroatoms. The van der Waals surface area contributed by atoms with Crippen LogP contribution in [0.25, 0.3) is 0 Å². The van der Waals surface area contributed by atoms with E-state index < -0.39 is 17.9 Å². The topological polar surface area (TPSA) is 55.4 Å². The van der Waals surface area contributed by atoms with Crippen LogP contribution < -0.4 is 5.32 Å². The molecule has 0 saturated heterocycles. The van der Waals surface area contributed by atoms with Crippen molar-refractivity contribution < 1.29 is 18.7 Å². The summed E-state index contributed by atoms with van der Waals surface area (Å²) in [5, 5.41) is 2.93. The van der Waals surface area contributed by atoms with Crippen LogP contribution in [0.15, 0.2) is 24.3 Å². The molecule has 2 rings (SSSR count). The lowest BCUT2D eigenvalue weighted by molar-refractivity contribution is -0.130. The Balaban J connectivity index is 1.91. The lowest BCUT2D eigenvalue weighted by Crippen LogP contribution is -2.46. The van der Waals surface area contributed by atoms with Gasteiger partial charge in [0.05, 0.1) is 5.56 Å². The van der Waals surface area contributed by atoms with Crippen LogP contribution in [0.2, 0.25) is 0 Å². The van der Waals surface area contributed by atoms with Crippen LogP contribution in [-0.2, 0) is 9.53 Å².